The molecule has 1 aliphatic heterocycles. The number of amides is 1. The number of ether oxygens (including phenoxy) is 2. The van der Waals surface area contributed by atoms with Gasteiger partial charge in [0.2, 0.25) is 0 Å². The fourth-order valence-corrected chi connectivity index (χ4v) is 2.92. The molecule has 0 radical (unpaired) electrons. The lowest BCUT2D eigenvalue weighted by molar-refractivity contribution is 0.0501. The summed E-state index contributed by atoms with van der Waals surface area (Å²) in [6.45, 7) is 5.76. The third-order valence-corrected chi connectivity index (χ3v) is 4.08. The smallest absolute Gasteiger partial charge is 0.408 e. The van der Waals surface area contributed by atoms with E-state index >= 15 is 0 Å². The minimum Gasteiger partial charge on any atom is -0.457 e. The lowest BCUT2D eigenvalue weighted by Gasteiger charge is -2.24. The van der Waals surface area contributed by atoms with Crippen LogP contribution in [0.1, 0.15) is 53.9 Å². The third kappa shape index (κ3) is 4.42. The van der Waals surface area contributed by atoms with Gasteiger partial charge >= 0.3 is 12.1 Å². The molecule has 0 aliphatic carbocycles. The monoisotopic (exact) mass is 353 g/mol. The van der Waals surface area contributed by atoms with E-state index in [9.17, 15) is 9.59 Å². The first kappa shape index (κ1) is 18.0. The van der Waals surface area contributed by atoms with Gasteiger partial charge in [-0.1, -0.05) is 36.4 Å². The van der Waals surface area contributed by atoms with Gasteiger partial charge < -0.3 is 14.8 Å². The molecule has 0 saturated carbocycles. The van der Waals surface area contributed by atoms with Gasteiger partial charge in [0.25, 0.3) is 0 Å². The maximum atomic E-state index is 12.3. The first-order valence-corrected chi connectivity index (χ1v) is 8.65. The molecule has 0 bridgehead atoms. The van der Waals surface area contributed by atoms with E-state index in [0.29, 0.717) is 12.0 Å². The first-order valence-electron chi connectivity index (χ1n) is 8.65. The zero-order valence-corrected chi connectivity index (χ0v) is 15.2. The Balaban J connectivity index is 1.85. The standard InChI is InChI=1S/C21H23NO4/c1-21(2,3)26-20(24)22-18(11-14-7-5-4-6-8-14)15-9-10-17-16(12-15)13-25-19(17)23/h4-10,12,18H,11,13H2,1-3H3,(H,22,24)/t18-/m0/s1. The first-order chi connectivity index (χ1) is 12.3. The van der Waals surface area contributed by atoms with Crippen LogP contribution in [0.15, 0.2) is 48.5 Å². The lowest BCUT2D eigenvalue weighted by atomic mass is 9.96. The summed E-state index contributed by atoms with van der Waals surface area (Å²) in [4.78, 5) is 24.0. The van der Waals surface area contributed by atoms with E-state index in [4.69, 9.17) is 9.47 Å². The number of benzene rings is 2. The Morgan fingerprint density at radius 1 is 1.19 bits per heavy atom. The summed E-state index contributed by atoms with van der Waals surface area (Å²) in [6.07, 6.45) is 0.152. The molecule has 0 saturated heterocycles. The van der Waals surface area contributed by atoms with Gasteiger partial charge in [-0.05, 0) is 50.5 Å². The highest BCUT2D eigenvalue weighted by molar-refractivity contribution is 5.93. The van der Waals surface area contributed by atoms with Crippen molar-refractivity contribution in [1.82, 2.24) is 5.32 Å². The number of nitrogens with one attached hydrogen (secondary N) is 1. The average Bonchev–Trinajstić information content (AvgIpc) is 2.94. The predicted octanol–water partition coefficient (Wildman–Crippen LogP) is 4.17. The van der Waals surface area contributed by atoms with E-state index in [1.165, 1.54) is 0 Å². The van der Waals surface area contributed by atoms with Crippen LogP contribution in [0.3, 0.4) is 0 Å². The molecule has 1 N–H and O–H groups in total. The Morgan fingerprint density at radius 3 is 2.62 bits per heavy atom. The Hall–Kier alpha value is -2.82. The number of cyclic esters (lactones) is 1. The Bertz CT molecular complexity index is 809. The second-order valence-corrected chi connectivity index (χ2v) is 7.38. The molecule has 0 aromatic heterocycles. The predicted molar refractivity (Wildman–Crippen MR) is 97.8 cm³/mol. The summed E-state index contributed by atoms with van der Waals surface area (Å²) >= 11 is 0. The molecule has 3 rings (SSSR count). The largest absolute Gasteiger partial charge is 0.457 e. The summed E-state index contributed by atoms with van der Waals surface area (Å²) in [5, 5.41) is 2.95. The summed E-state index contributed by atoms with van der Waals surface area (Å²) in [7, 11) is 0. The second-order valence-electron chi connectivity index (χ2n) is 7.38. The zero-order valence-electron chi connectivity index (χ0n) is 15.2. The van der Waals surface area contributed by atoms with Crippen LogP contribution in [-0.4, -0.2) is 17.7 Å². The van der Waals surface area contributed by atoms with Gasteiger partial charge in [0, 0.05) is 5.56 Å². The zero-order chi connectivity index (χ0) is 18.7. The molecule has 1 heterocycles. The van der Waals surface area contributed by atoms with Gasteiger partial charge in [-0.25, -0.2) is 9.59 Å². The number of hydrogen-bond donors (Lipinski definition) is 1. The van der Waals surface area contributed by atoms with Crippen molar-refractivity contribution in [2.75, 3.05) is 0 Å². The number of esters is 1. The number of rotatable bonds is 4. The highest BCUT2D eigenvalue weighted by atomic mass is 16.6. The number of carbonyl (C=O) groups excluding carboxylic acids is 2. The Morgan fingerprint density at radius 2 is 1.92 bits per heavy atom. The number of hydrogen-bond acceptors (Lipinski definition) is 4. The van der Waals surface area contributed by atoms with Gasteiger partial charge in [-0.15, -0.1) is 0 Å². The van der Waals surface area contributed by atoms with E-state index in [1.807, 2.05) is 63.2 Å². The fourth-order valence-electron chi connectivity index (χ4n) is 2.92. The molecule has 0 fully saturated rings. The summed E-state index contributed by atoms with van der Waals surface area (Å²) in [5.74, 6) is -0.300. The Kier molecular flexibility index (Phi) is 4.98. The van der Waals surface area contributed by atoms with Gasteiger partial charge in [0.15, 0.2) is 0 Å². The number of fused-ring (bicyclic) bond motifs is 1. The molecule has 1 aliphatic rings. The highest BCUT2D eigenvalue weighted by Gasteiger charge is 2.25. The van der Waals surface area contributed by atoms with Crippen LogP contribution >= 0.6 is 0 Å². The van der Waals surface area contributed by atoms with Crippen LogP contribution in [0.4, 0.5) is 4.79 Å². The fraction of sp³-hybridized carbons (Fsp3) is 0.333. The molecule has 1 amide bonds. The average molecular weight is 353 g/mol. The van der Waals surface area contributed by atoms with Crippen molar-refractivity contribution in [2.24, 2.45) is 0 Å². The molecular formula is C21H23NO4. The van der Waals surface area contributed by atoms with Crippen LogP contribution in [0.25, 0.3) is 0 Å². The van der Waals surface area contributed by atoms with Gasteiger partial charge in [0.1, 0.15) is 12.2 Å². The van der Waals surface area contributed by atoms with Crippen molar-refractivity contribution in [1.29, 1.82) is 0 Å². The third-order valence-electron chi connectivity index (χ3n) is 4.08. The van der Waals surface area contributed by atoms with Gasteiger partial charge in [-0.3, -0.25) is 0 Å². The van der Waals surface area contributed by atoms with E-state index in [0.717, 1.165) is 16.7 Å². The minimum absolute atomic E-state index is 0.270. The van der Waals surface area contributed by atoms with Crippen molar-refractivity contribution in [3.8, 4) is 0 Å². The van der Waals surface area contributed by atoms with E-state index < -0.39 is 11.7 Å². The van der Waals surface area contributed by atoms with Crippen molar-refractivity contribution in [3.05, 3.63) is 70.8 Å². The van der Waals surface area contributed by atoms with E-state index in [-0.39, 0.29) is 18.6 Å². The van der Waals surface area contributed by atoms with Crippen LogP contribution in [0.2, 0.25) is 0 Å². The van der Waals surface area contributed by atoms with Crippen molar-refractivity contribution in [3.63, 3.8) is 0 Å². The molecule has 5 nitrogen and oxygen atoms in total. The van der Waals surface area contributed by atoms with Crippen molar-refractivity contribution < 1.29 is 19.1 Å². The van der Waals surface area contributed by atoms with Crippen LogP contribution in [0, 0.1) is 0 Å². The molecule has 0 spiro atoms. The molecule has 26 heavy (non-hydrogen) atoms. The maximum absolute atomic E-state index is 12.3. The SMILES string of the molecule is CC(C)(C)OC(=O)N[C@@H](Cc1ccccc1)c1ccc2c(c1)COC2=O. The molecule has 2 aromatic carbocycles. The van der Waals surface area contributed by atoms with E-state index in [2.05, 4.69) is 5.32 Å². The second kappa shape index (κ2) is 7.20. The number of carbonyl (C=O) groups is 2. The lowest BCUT2D eigenvalue weighted by Crippen LogP contribution is -2.35. The van der Waals surface area contributed by atoms with Crippen LogP contribution in [0.5, 0.6) is 0 Å². The molecular weight excluding hydrogens is 330 g/mol. The molecule has 136 valence electrons. The Labute approximate surface area is 153 Å². The highest BCUT2D eigenvalue weighted by Crippen LogP contribution is 2.26. The van der Waals surface area contributed by atoms with Crippen molar-refractivity contribution in [2.45, 2.75) is 45.4 Å². The van der Waals surface area contributed by atoms with Gasteiger partial charge in [-0.2, -0.15) is 0 Å². The van der Waals surface area contributed by atoms with Crippen molar-refractivity contribution >= 4 is 12.1 Å². The summed E-state index contributed by atoms with van der Waals surface area (Å²) in [5.41, 5.74) is 2.87. The van der Waals surface area contributed by atoms with E-state index in [1.54, 1.807) is 6.07 Å². The summed E-state index contributed by atoms with van der Waals surface area (Å²) in [6, 6.07) is 15.2. The van der Waals surface area contributed by atoms with Crippen LogP contribution in [-0.2, 0) is 22.5 Å². The molecule has 0 unspecified atom stereocenters. The van der Waals surface area contributed by atoms with Crippen LogP contribution < -0.4 is 5.32 Å². The molecule has 2 aromatic rings. The number of alkyl carbamates (subject to hydrolysis) is 1. The topological polar surface area (TPSA) is 64.6 Å². The van der Waals surface area contributed by atoms with Gasteiger partial charge in [0.05, 0.1) is 11.6 Å². The maximum Gasteiger partial charge on any atom is 0.408 e. The molecule has 5 heteroatoms. The summed E-state index contributed by atoms with van der Waals surface area (Å²) < 4.78 is 10.5. The quantitative estimate of drug-likeness (QED) is 0.838. The minimum atomic E-state index is -0.570. The molecule has 1 atom stereocenters. The normalized spacial score (nSPS) is 14.3.